The number of nitrogens with zero attached hydrogens (tertiary/aromatic N) is 3. The van der Waals surface area contributed by atoms with Crippen LogP contribution < -0.4 is 10.1 Å². The van der Waals surface area contributed by atoms with Crippen LogP contribution in [0.3, 0.4) is 0 Å². The van der Waals surface area contributed by atoms with Crippen molar-refractivity contribution in [3.8, 4) is 23.1 Å². The molecule has 0 atom stereocenters. The molecule has 0 radical (unpaired) electrons. The maximum absolute atomic E-state index is 12.5. The zero-order chi connectivity index (χ0) is 20.3. The van der Waals surface area contributed by atoms with Gasteiger partial charge in [0, 0.05) is 22.5 Å². The number of fused-ring (bicyclic) bond motifs is 1. The summed E-state index contributed by atoms with van der Waals surface area (Å²) in [5.41, 5.74) is 0.395. The van der Waals surface area contributed by atoms with Crippen molar-refractivity contribution in [2.75, 3.05) is 13.7 Å². The lowest BCUT2D eigenvalue weighted by Crippen LogP contribution is -2.34. The fraction of sp³-hybridized carbons (Fsp3) is 0.158. The quantitative estimate of drug-likeness (QED) is 0.742. The molecular weight excluding hydrogens is 373 g/mol. The van der Waals surface area contributed by atoms with E-state index >= 15 is 0 Å². The number of rotatable bonds is 4. The number of methoxy groups -OCH3 is 1. The van der Waals surface area contributed by atoms with Crippen molar-refractivity contribution in [3.05, 3.63) is 54.0 Å². The first-order valence-electron chi connectivity index (χ1n) is 8.02. The standard InChI is InChI=1S/C19H13F3N4O2/c1-28-11-5-6-12-13(8-11)16(14-4-2-3-7-24-14)15(9-23)26-17(12)18(27)25-10-19(20,21)22/h2-8H,10H2,1H3,(H,25,27). The Morgan fingerprint density at radius 1 is 1.25 bits per heavy atom. The van der Waals surface area contributed by atoms with Crippen LogP contribution in [0, 0.1) is 11.3 Å². The minimum absolute atomic E-state index is 0.128. The summed E-state index contributed by atoms with van der Waals surface area (Å²) in [5.74, 6) is -0.585. The van der Waals surface area contributed by atoms with Crippen LogP contribution in [-0.2, 0) is 0 Å². The highest BCUT2D eigenvalue weighted by molar-refractivity contribution is 6.10. The molecule has 0 fully saturated rings. The van der Waals surface area contributed by atoms with Crippen LogP contribution in [0.5, 0.6) is 5.75 Å². The predicted octanol–water partition coefficient (Wildman–Crippen LogP) is 3.47. The van der Waals surface area contributed by atoms with Gasteiger partial charge in [0.2, 0.25) is 0 Å². The Morgan fingerprint density at radius 3 is 2.64 bits per heavy atom. The van der Waals surface area contributed by atoms with Crippen molar-refractivity contribution in [3.63, 3.8) is 0 Å². The number of hydrogen-bond donors (Lipinski definition) is 1. The third kappa shape index (κ3) is 3.86. The molecule has 2 aromatic heterocycles. The number of hydrogen-bond acceptors (Lipinski definition) is 5. The molecule has 9 heteroatoms. The van der Waals surface area contributed by atoms with Crippen molar-refractivity contribution < 1.29 is 22.7 Å². The van der Waals surface area contributed by atoms with Gasteiger partial charge in [-0.05, 0) is 30.3 Å². The number of carbonyl (C=O) groups excluding carboxylic acids is 1. The number of ether oxygens (including phenoxy) is 1. The van der Waals surface area contributed by atoms with E-state index in [1.165, 1.54) is 19.4 Å². The van der Waals surface area contributed by atoms with E-state index < -0.39 is 18.6 Å². The van der Waals surface area contributed by atoms with Gasteiger partial charge in [0.1, 0.15) is 24.1 Å². The van der Waals surface area contributed by atoms with Crippen molar-refractivity contribution in [2.24, 2.45) is 0 Å². The fourth-order valence-corrected chi connectivity index (χ4v) is 2.71. The van der Waals surface area contributed by atoms with Crippen LogP contribution >= 0.6 is 0 Å². The first-order valence-corrected chi connectivity index (χ1v) is 8.02. The van der Waals surface area contributed by atoms with Crippen LogP contribution in [0.2, 0.25) is 0 Å². The van der Waals surface area contributed by atoms with Gasteiger partial charge in [-0.15, -0.1) is 0 Å². The molecule has 2 heterocycles. The number of nitrogens with one attached hydrogen (secondary N) is 1. The van der Waals surface area contributed by atoms with E-state index in [1.807, 2.05) is 6.07 Å². The van der Waals surface area contributed by atoms with Crippen LogP contribution in [0.15, 0.2) is 42.6 Å². The monoisotopic (exact) mass is 386 g/mol. The number of nitriles is 1. The van der Waals surface area contributed by atoms with Crippen LogP contribution in [0.4, 0.5) is 13.2 Å². The Kier molecular flexibility index (Phi) is 5.13. The van der Waals surface area contributed by atoms with Gasteiger partial charge in [-0.25, -0.2) is 4.98 Å². The Balaban J connectivity index is 2.25. The van der Waals surface area contributed by atoms with Crippen LogP contribution in [0.1, 0.15) is 16.2 Å². The molecule has 0 spiro atoms. The summed E-state index contributed by atoms with van der Waals surface area (Å²) in [6, 6.07) is 11.6. The number of carbonyl (C=O) groups is 1. The predicted molar refractivity (Wildman–Crippen MR) is 94.6 cm³/mol. The molecule has 0 aliphatic carbocycles. The van der Waals surface area contributed by atoms with Gasteiger partial charge in [-0.3, -0.25) is 9.78 Å². The average Bonchev–Trinajstić information content (AvgIpc) is 2.70. The molecule has 0 saturated heterocycles. The third-order valence-corrected chi connectivity index (χ3v) is 3.90. The van der Waals surface area contributed by atoms with E-state index in [4.69, 9.17) is 4.74 Å². The summed E-state index contributed by atoms with van der Waals surface area (Å²) in [6.07, 6.45) is -3.03. The molecule has 28 heavy (non-hydrogen) atoms. The summed E-state index contributed by atoms with van der Waals surface area (Å²) in [7, 11) is 1.45. The maximum atomic E-state index is 12.5. The molecule has 1 N–H and O–H groups in total. The van der Waals surface area contributed by atoms with Crippen molar-refractivity contribution >= 4 is 16.7 Å². The molecule has 3 aromatic rings. The molecule has 0 unspecified atom stereocenters. The summed E-state index contributed by atoms with van der Waals surface area (Å²) in [4.78, 5) is 20.6. The minimum atomic E-state index is -4.57. The summed E-state index contributed by atoms with van der Waals surface area (Å²) >= 11 is 0. The smallest absolute Gasteiger partial charge is 0.405 e. The number of halogens is 3. The number of alkyl halides is 3. The Bertz CT molecular complexity index is 1080. The van der Waals surface area contributed by atoms with E-state index in [0.29, 0.717) is 22.4 Å². The van der Waals surface area contributed by atoms with E-state index in [-0.39, 0.29) is 16.8 Å². The van der Waals surface area contributed by atoms with Gasteiger partial charge in [0.05, 0.1) is 12.8 Å². The summed E-state index contributed by atoms with van der Waals surface area (Å²) < 4.78 is 42.6. The van der Waals surface area contributed by atoms with E-state index in [1.54, 1.807) is 35.6 Å². The minimum Gasteiger partial charge on any atom is -0.497 e. The fourth-order valence-electron chi connectivity index (χ4n) is 2.71. The molecule has 1 amide bonds. The van der Waals surface area contributed by atoms with E-state index in [2.05, 4.69) is 9.97 Å². The number of benzene rings is 1. The van der Waals surface area contributed by atoms with Gasteiger partial charge in [0.25, 0.3) is 5.91 Å². The third-order valence-electron chi connectivity index (χ3n) is 3.90. The molecule has 0 saturated carbocycles. The first kappa shape index (κ1) is 19.1. The zero-order valence-electron chi connectivity index (χ0n) is 14.5. The SMILES string of the molecule is COc1ccc2c(C(=O)NCC(F)(F)F)nc(C#N)c(-c3ccccn3)c2c1. The molecule has 0 aliphatic rings. The van der Waals surface area contributed by atoms with Gasteiger partial charge < -0.3 is 10.1 Å². The van der Waals surface area contributed by atoms with Crippen LogP contribution in [0.25, 0.3) is 22.0 Å². The van der Waals surface area contributed by atoms with Crippen LogP contribution in [-0.4, -0.2) is 35.7 Å². The maximum Gasteiger partial charge on any atom is 0.405 e. The van der Waals surface area contributed by atoms with Crippen molar-refractivity contribution in [1.82, 2.24) is 15.3 Å². The van der Waals surface area contributed by atoms with E-state index in [9.17, 15) is 23.2 Å². The second kappa shape index (κ2) is 7.52. The highest BCUT2D eigenvalue weighted by Gasteiger charge is 2.29. The van der Waals surface area contributed by atoms with Gasteiger partial charge in [-0.1, -0.05) is 6.07 Å². The molecule has 3 rings (SSSR count). The molecule has 1 aromatic carbocycles. The molecule has 0 bridgehead atoms. The Labute approximate surface area is 157 Å². The summed E-state index contributed by atoms with van der Waals surface area (Å²) in [5, 5.41) is 12.0. The second-order valence-corrected chi connectivity index (χ2v) is 5.72. The lowest BCUT2D eigenvalue weighted by atomic mass is 9.98. The Morgan fingerprint density at radius 2 is 2.04 bits per heavy atom. The number of pyridine rings is 2. The zero-order valence-corrected chi connectivity index (χ0v) is 14.5. The Hall–Kier alpha value is -3.67. The van der Waals surface area contributed by atoms with Crippen molar-refractivity contribution in [2.45, 2.75) is 6.18 Å². The average molecular weight is 386 g/mol. The topological polar surface area (TPSA) is 87.9 Å². The van der Waals surface area contributed by atoms with Gasteiger partial charge >= 0.3 is 6.18 Å². The van der Waals surface area contributed by atoms with Gasteiger partial charge in [-0.2, -0.15) is 18.4 Å². The molecule has 6 nitrogen and oxygen atoms in total. The summed E-state index contributed by atoms with van der Waals surface area (Å²) in [6.45, 7) is -1.50. The first-order chi connectivity index (χ1) is 13.3. The van der Waals surface area contributed by atoms with Gasteiger partial charge in [0.15, 0.2) is 5.69 Å². The normalized spacial score (nSPS) is 11.1. The highest BCUT2D eigenvalue weighted by Crippen LogP contribution is 2.34. The largest absolute Gasteiger partial charge is 0.497 e. The molecule has 142 valence electrons. The number of aromatic nitrogens is 2. The lowest BCUT2D eigenvalue weighted by molar-refractivity contribution is -0.123. The lowest BCUT2D eigenvalue weighted by Gasteiger charge is -2.14. The second-order valence-electron chi connectivity index (χ2n) is 5.72. The van der Waals surface area contributed by atoms with Crippen molar-refractivity contribution in [1.29, 1.82) is 5.26 Å². The molecule has 0 aliphatic heterocycles. The number of amides is 1. The highest BCUT2D eigenvalue weighted by atomic mass is 19.4. The molecular formula is C19H13F3N4O2. The van der Waals surface area contributed by atoms with E-state index in [0.717, 1.165) is 0 Å².